The second-order valence-corrected chi connectivity index (χ2v) is 7.19. The normalized spacial score (nSPS) is 15.8. The van der Waals surface area contributed by atoms with E-state index in [0.717, 1.165) is 46.4 Å². The van der Waals surface area contributed by atoms with Gasteiger partial charge in [0.1, 0.15) is 0 Å². The lowest BCUT2D eigenvalue weighted by atomic mass is 10.0. The van der Waals surface area contributed by atoms with E-state index in [4.69, 9.17) is 9.63 Å². The quantitative estimate of drug-likeness (QED) is 0.580. The van der Waals surface area contributed by atoms with Crippen molar-refractivity contribution >= 4 is 16.9 Å². The molecular weight excluding hydrogens is 356 g/mol. The summed E-state index contributed by atoms with van der Waals surface area (Å²) in [4.78, 5) is 19.9. The Morgan fingerprint density at radius 1 is 1.25 bits per heavy atom. The Morgan fingerprint density at radius 2 is 2.11 bits per heavy atom. The fraction of sp³-hybridized carbons (Fsp3) is 0.238. The molecule has 1 aliphatic rings. The summed E-state index contributed by atoms with van der Waals surface area (Å²) in [5, 5.41) is 14.3. The first-order valence-corrected chi connectivity index (χ1v) is 9.20. The third-order valence-electron chi connectivity index (χ3n) is 5.32. The van der Waals surface area contributed by atoms with Crippen molar-refractivity contribution in [3.63, 3.8) is 0 Å². The van der Waals surface area contributed by atoms with Gasteiger partial charge in [-0.05, 0) is 49.7 Å². The van der Waals surface area contributed by atoms with E-state index in [1.807, 2.05) is 37.3 Å². The molecule has 0 fully saturated rings. The van der Waals surface area contributed by atoms with Gasteiger partial charge in [0.2, 0.25) is 5.82 Å². The molecule has 5 rings (SSSR count). The number of hydrogen-bond acceptors (Lipinski definition) is 5. The average Bonchev–Trinajstić information content (AvgIpc) is 3.38. The summed E-state index contributed by atoms with van der Waals surface area (Å²) in [5.74, 6) is 0.267. The Hall–Kier alpha value is -3.48. The number of rotatable bonds is 4. The predicted octanol–water partition coefficient (Wildman–Crippen LogP) is 4.02. The summed E-state index contributed by atoms with van der Waals surface area (Å²) >= 11 is 0. The summed E-state index contributed by atoms with van der Waals surface area (Å²) in [6.07, 6.45) is 2.76. The molecular formula is C21H18N4O3. The molecule has 28 heavy (non-hydrogen) atoms. The zero-order chi connectivity index (χ0) is 19.3. The van der Waals surface area contributed by atoms with Gasteiger partial charge in [-0.1, -0.05) is 5.16 Å². The van der Waals surface area contributed by atoms with Gasteiger partial charge >= 0.3 is 5.97 Å². The topological polar surface area (TPSA) is 94.0 Å². The fourth-order valence-corrected chi connectivity index (χ4v) is 3.92. The minimum absolute atomic E-state index is 0.0687. The Bertz CT molecular complexity index is 1190. The minimum atomic E-state index is -0.755. The molecule has 0 bridgehead atoms. The fourth-order valence-electron chi connectivity index (χ4n) is 3.92. The molecule has 1 atom stereocenters. The molecule has 1 aliphatic heterocycles. The number of nitrogens with zero attached hydrogens (tertiary/aromatic N) is 4. The van der Waals surface area contributed by atoms with Crippen molar-refractivity contribution in [1.82, 2.24) is 19.7 Å². The van der Waals surface area contributed by atoms with Crippen LogP contribution in [-0.2, 0) is 11.3 Å². The van der Waals surface area contributed by atoms with Crippen molar-refractivity contribution in [1.29, 1.82) is 0 Å². The first-order chi connectivity index (χ1) is 13.6. The van der Waals surface area contributed by atoms with Crippen molar-refractivity contribution in [3.8, 4) is 22.8 Å². The van der Waals surface area contributed by atoms with E-state index in [1.165, 1.54) is 0 Å². The molecule has 4 aromatic rings. The lowest BCUT2D eigenvalue weighted by molar-refractivity contribution is -0.137. The predicted molar refractivity (Wildman–Crippen MR) is 103 cm³/mol. The van der Waals surface area contributed by atoms with Crippen LogP contribution in [0.5, 0.6) is 0 Å². The molecule has 1 N–H and O–H groups in total. The molecule has 7 heteroatoms. The lowest BCUT2D eigenvalue weighted by Gasteiger charge is -2.04. The summed E-state index contributed by atoms with van der Waals surface area (Å²) in [6, 6.07) is 11.9. The Labute approximate surface area is 160 Å². The van der Waals surface area contributed by atoms with E-state index < -0.39 is 5.97 Å². The number of benzene rings is 1. The molecule has 0 radical (unpaired) electrons. The third kappa shape index (κ3) is 2.76. The average molecular weight is 374 g/mol. The van der Waals surface area contributed by atoms with E-state index in [1.54, 1.807) is 6.20 Å². The largest absolute Gasteiger partial charge is 0.481 e. The van der Waals surface area contributed by atoms with E-state index in [9.17, 15) is 4.79 Å². The SMILES string of the molecule is Cc1ccc(-c2nc(-c3ccc4c(c3)cc3n4CC[C@H]3CC(=O)O)no2)cn1. The first-order valence-electron chi connectivity index (χ1n) is 9.20. The molecule has 0 unspecified atom stereocenters. The van der Waals surface area contributed by atoms with Crippen LogP contribution in [0.25, 0.3) is 33.7 Å². The van der Waals surface area contributed by atoms with Crippen LogP contribution < -0.4 is 0 Å². The lowest BCUT2D eigenvalue weighted by Crippen LogP contribution is -2.02. The molecule has 140 valence electrons. The summed E-state index contributed by atoms with van der Waals surface area (Å²) in [7, 11) is 0. The molecule has 0 amide bonds. The van der Waals surface area contributed by atoms with Crippen molar-refractivity contribution in [2.24, 2.45) is 0 Å². The van der Waals surface area contributed by atoms with Crippen molar-refractivity contribution in [3.05, 3.63) is 54.0 Å². The molecule has 1 aromatic carbocycles. The van der Waals surface area contributed by atoms with Crippen LogP contribution >= 0.6 is 0 Å². The molecule has 7 nitrogen and oxygen atoms in total. The molecule has 0 spiro atoms. The molecule has 0 aliphatic carbocycles. The highest BCUT2D eigenvalue weighted by molar-refractivity contribution is 5.86. The van der Waals surface area contributed by atoms with E-state index in [-0.39, 0.29) is 12.3 Å². The van der Waals surface area contributed by atoms with Crippen molar-refractivity contribution in [2.75, 3.05) is 0 Å². The van der Waals surface area contributed by atoms with E-state index in [0.29, 0.717) is 11.7 Å². The smallest absolute Gasteiger partial charge is 0.304 e. The monoisotopic (exact) mass is 374 g/mol. The van der Waals surface area contributed by atoms with Crippen LogP contribution in [0.2, 0.25) is 0 Å². The number of pyridine rings is 1. The maximum atomic E-state index is 11.1. The highest BCUT2D eigenvalue weighted by Crippen LogP contribution is 2.37. The minimum Gasteiger partial charge on any atom is -0.481 e. The number of carboxylic acid groups (broad SMARTS) is 1. The van der Waals surface area contributed by atoms with Crippen LogP contribution in [0, 0.1) is 6.92 Å². The Kier molecular flexibility index (Phi) is 3.75. The Balaban J connectivity index is 1.49. The number of carbonyl (C=O) groups is 1. The highest BCUT2D eigenvalue weighted by Gasteiger charge is 2.26. The summed E-state index contributed by atoms with van der Waals surface area (Å²) in [5.41, 5.74) is 4.77. The second-order valence-electron chi connectivity index (χ2n) is 7.19. The van der Waals surface area contributed by atoms with Gasteiger partial charge in [-0.2, -0.15) is 4.98 Å². The second kappa shape index (κ2) is 6.30. The maximum Gasteiger partial charge on any atom is 0.304 e. The molecule has 0 saturated heterocycles. The number of carboxylic acids is 1. The number of aromatic nitrogens is 4. The van der Waals surface area contributed by atoms with Gasteiger partial charge < -0.3 is 14.2 Å². The summed E-state index contributed by atoms with van der Waals surface area (Å²) < 4.78 is 7.62. The van der Waals surface area contributed by atoms with Gasteiger partial charge in [-0.25, -0.2) is 0 Å². The van der Waals surface area contributed by atoms with Crippen LogP contribution in [-0.4, -0.2) is 30.8 Å². The zero-order valence-corrected chi connectivity index (χ0v) is 15.3. The number of aryl methyl sites for hydroxylation is 2. The van der Waals surface area contributed by atoms with Gasteiger partial charge in [0, 0.05) is 46.5 Å². The number of aliphatic carboxylic acids is 1. The van der Waals surface area contributed by atoms with Crippen LogP contribution in [0.1, 0.15) is 30.1 Å². The standard InChI is InChI=1S/C21H18N4O3/c1-12-2-3-15(11-22-12)21-23-20(24-28-21)14-4-5-17-16(8-14)9-18-13(10-19(26)27)6-7-25(17)18/h2-5,8-9,11,13H,6-7,10H2,1H3,(H,26,27)/t13-/m0/s1. The highest BCUT2D eigenvalue weighted by atomic mass is 16.5. The van der Waals surface area contributed by atoms with E-state index in [2.05, 4.69) is 25.8 Å². The first kappa shape index (κ1) is 16.7. The maximum absolute atomic E-state index is 11.1. The molecule has 0 saturated carbocycles. The molecule has 3 aromatic heterocycles. The van der Waals surface area contributed by atoms with Gasteiger partial charge in [0.15, 0.2) is 0 Å². The zero-order valence-electron chi connectivity index (χ0n) is 15.3. The van der Waals surface area contributed by atoms with Gasteiger partial charge in [0.25, 0.3) is 5.89 Å². The Morgan fingerprint density at radius 3 is 2.89 bits per heavy atom. The van der Waals surface area contributed by atoms with Crippen LogP contribution in [0.4, 0.5) is 0 Å². The van der Waals surface area contributed by atoms with Crippen molar-refractivity contribution in [2.45, 2.75) is 32.2 Å². The van der Waals surface area contributed by atoms with Gasteiger partial charge in [-0.3, -0.25) is 9.78 Å². The van der Waals surface area contributed by atoms with Crippen molar-refractivity contribution < 1.29 is 14.4 Å². The van der Waals surface area contributed by atoms with Crippen LogP contribution in [0.3, 0.4) is 0 Å². The van der Waals surface area contributed by atoms with Gasteiger partial charge in [0.05, 0.1) is 12.0 Å². The van der Waals surface area contributed by atoms with E-state index >= 15 is 0 Å². The summed E-state index contributed by atoms with van der Waals surface area (Å²) in [6.45, 7) is 2.78. The van der Waals surface area contributed by atoms with Gasteiger partial charge in [-0.15, -0.1) is 0 Å². The third-order valence-corrected chi connectivity index (χ3v) is 5.32. The van der Waals surface area contributed by atoms with Crippen LogP contribution in [0.15, 0.2) is 47.1 Å². The number of fused-ring (bicyclic) bond motifs is 3. The molecule has 4 heterocycles. The number of hydrogen-bond donors (Lipinski definition) is 1.